The molecule has 21 heavy (non-hydrogen) atoms. The second-order valence-corrected chi connectivity index (χ2v) is 8.01. The molecule has 1 aliphatic rings. The van der Waals surface area contributed by atoms with Crippen LogP contribution in [0.15, 0.2) is 21.6 Å². The molecule has 1 aliphatic heterocycles. The molecule has 1 fully saturated rings. The van der Waals surface area contributed by atoms with Gasteiger partial charge in [0.2, 0.25) is 5.09 Å². The van der Waals surface area contributed by atoms with Gasteiger partial charge in [0.05, 0.1) is 13.2 Å². The van der Waals surface area contributed by atoms with Crippen molar-refractivity contribution < 1.29 is 17.6 Å². The molecule has 2 rings (SSSR count). The summed E-state index contributed by atoms with van der Waals surface area (Å²) in [6, 6.07) is 3.24. The average Bonchev–Trinajstić information content (AvgIpc) is 3.02. The number of hydrogen-bond acceptors (Lipinski definition) is 5. The Morgan fingerprint density at radius 3 is 2.81 bits per heavy atom. The van der Waals surface area contributed by atoms with E-state index in [0.717, 1.165) is 6.42 Å². The maximum absolute atomic E-state index is 12.5. The molecule has 0 radical (unpaired) electrons. The fourth-order valence-corrected chi connectivity index (χ4v) is 3.93. The predicted molar refractivity (Wildman–Crippen MR) is 79.4 cm³/mol. The van der Waals surface area contributed by atoms with Crippen LogP contribution >= 0.6 is 0 Å². The van der Waals surface area contributed by atoms with Crippen LogP contribution in [0.4, 0.5) is 0 Å². The number of furan rings is 1. The molecule has 7 heteroatoms. The Labute approximate surface area is 126 Å². The highest BCUT2D eigenvalue weighted by Gasteiger charge is 2.38. The second kappa shape index (κ2) is 6.48. The Balaban J connectivity index is 2.00. The molecule has 0 bridgehead atoms. The highest BCUT2D eigenvalue weighted by Crippen LogP contribution is 2.33. The molecule has 120 valence electrons. The van der Waals surface area contributed by atoms with Gasteiger partial charge in [0.1, 0.15) is 5.76 Å². The van der Waals surface area contributed by atoms with Gasteiger partial charge in [-0.2, -0.15) is 4.31 Å². The van der Waals surface area contributed by atoms with E-state index in [9.17, 15) is 8.42 Å². The molecular formula is C14H24N2O4S. The van der Waals surface area contributed by atoms with Gasteiger partial charge in [0.25, 0.3) is 10.0 Å². The quantitative estimate of drug-likeness (QED) is 0.771. The van der Waals surface area contributed by atoms with Gasteiger partial charge in [-0.05, 0) is 24.0 Å². The van der Waals surface area contributed by atoms with Crippen LogP contribution < -0.4 is 5.32 Å². The van der Waals surface area contributed by atoms with E-state index >= 15 is 0 Å². The van der Waals surface area contributed by atoms with Crippen molar-refractivity contribution in [3.8, 4) is 0 Å². The third kappa shape index (κ3) is 4.06. The lowest BCUT2D eigenvalue weighted by Gasteiger charge is -2.18. The fourth-order valence-electron chi connectivity index (χ4n) is 2.37. The zero-order valence-electron chi connectivity index (χ0n) is 12.9. The largest absolute Gasteiger partial charge is 0.447 e. The van der Waals surface area contributed by atoms with Crippen molar-refractivity contribution in [1.82, 2.24) is 9.62 Å². The summed E-state index contributed by atoms with van der Waals surface area (Å²) in [5.74, 6) is 0.614. The molecule has 6 nitrogen and oxygen atoms in total. The maximum atomic E-state index is 12.5. The Hall–Kier alpha value is -0.890. The lowest BCUT2D eigenvalue weighted by atomic mass is 9.93. The van der Waals surface area contributed by atoms with Crippen molar-refractivity contribution >= 4 is 10.0 Å². The summed E-state index contributed by atoms with van der Waals surface area (Å²) in [5, 5.41) is 3.15. The molecule has 0 saturated carbocycles. The average molecular weight is 316 g/mol. The predicted octanol–water partition coefficient (Wildman–Crippen LogP) is 1.44. The van der Waals surface area contributed by atoms with Gasteiger partial charge < -0.3 is 14.5 Å². The molecule has 0 atom stereocenters. The first-order valence-corrected chi connectivity index (χ1v) is 8.58. The smallest absolute Gasteiger partial charge is 0.276 e. The second-order valence-electron chi connectivity index (χ2n) is 6.14. The Morgan fingerprint density at radius 1 is 1.43 bits per heavy atom. The van der Waals surface area contributed by atoms with Crippen LogP contribution in [0.2, 0.25) is 0 Å². The van der Waals surface area contributed by atoms with Crippen molar-refractivity contribution in [2.75, 3.05) is 33.4 Å². The lowest BCUT2D eigenvalue weighted by molar-refractivity contribution is 0.198. The zero-order valence-corrected chi connectivity index (χ0v) is 13.7. The van der Waals surface area contributed by atoms with Crippen LogP contribution in [-0.4, -0.2) is 46.1 Å². The van der Waals surface area contributed by atoms with Crippen molar-refractivity contribution in [2.45, 2.75) is 31.9 Å². The summed E-state index contributed by atoms with van der Waals surface area (Å²) in [5.41, 5.74) is 0.0319. The lowest BCUT2D eigenvalue weighted by Crippen LogP contribution is -2.30. The molecular weight excluding hydrogens is 292 g/mol. The van der Waals surface area contributed by atoms with Gasteiger partial charge >= 0.3 is 0 Å². The van der Waals surface area contributed by atoms with Gasteiger partial charge in [0, 0.05) is 26.7 Å². The monoisotopic (exact) mass is 316 g/mol. The van der Waals surface area contributed by atoms with E-state index in [4.69, 9.17) is 9.15 Å². The molecule has 0 aromatic carbocycles. The summed E-state index contributed by atoms with van der Waals surface area (Å²) >= 11 is 0. The zero-order chi connectivity index (χ0) is 15.5. The molecule has 0 aliphatic carbocycles. The minimum absolute atomic E-state index is 0.0312. The molecule has 1 N–H and O–H groups in total. The van der Waals surface area contributed by atoms with E-state index in [2.05, 4.69) is 19.2 Å². The van der Waals surface area contributed by atoms with Crippen molar-refractivity contribution in [3.63, 3.8) is 0 Å². The van der Waals surface area contributed by atoms with E-state index in [1.165, 1.54) is 10.4 Å². The molecule has 1 aromatic heterocycles. The molecule has 1 saturated heterocycles. The number of nitrogens with zero attached hydrogens (tertiary/aromatic N) is 1. The van der Waals surface area contributed by atoms with Crippen LogP contribution in [0.3, 0.4) is 0 Å². The number of nitrogens with one attached hydrogen (secondary N) is 1. The minimum atomic E-state index is -3.51. The van der Waals surface area contributed by atoms with Gasteiger partial charge in [-0.25, -0.2) is 8.42 Å². The Kier molecular flexibility index (Phi) is 5.08. The number of ether oxygens (including phenoxy) is 1. The summed E-state index contributed by atoms with van der Waals surface area (Å²) in [7, 11) is -1.87. The van der Waals surface area contributed by atoms with E-state index in [1.807, 2.05) is 0 Å². The third-order valence-electron chi connectivity index (χ3n) is 3.66. The first kappa shape index (κ1) is 16.5. The van der Waals surface area contributed by atoms with E-state index in [1.54, 1.807) is 13.2 Å². The minimum Gasteiger partial charge on any atom is -0.447 e. The number of rotatable bonds is 7. The van der Waals surface area contributed by atoms with E-state index in [-0.39, 0.29) is 10.5 Å². The maximum Gasteiger partial charge on any atom is 0.276 e. The third-order valence-corrected chi connectivity index (χ3v) is 5.38. The van der Waals surface area contributed by atoms with E-state index in [0.29, 0.717) is 38.5 Å². The van der Waals surface area contributed by atoms with Gasteiger partial charge in [-0.1, -0.05) is 13.8 Å². The van der Waals surface area contributed by atoms with Crippen LogP contribution in [0, 0.1) is 5.41 Å². The Bertz CT molecular complexity index is 565. The molecule has 1 aromatic rings. The normalized spacial score (nSPS) is 19.2. The van der Waals surface area contributed by atoms with Gasteiger partial charge in [-0.3, -0.25) is 0 Å². The first-order valence-electron chi connectivity index (χ1n) is 7.14. The number of methoxy groups -OCH3 is 1. The van der Waals surface area contributed by atoms with Gasteiger partial charge in [0.15, 0.2) is 0 Å². The summed E-state index contributed by atoms with van der Waals surface area (Å²) in [6.07, 6.45) is 0.873. The molecule has 0 unspecified atom stereocenters. The van der Waals surface area contributed by atoms with Crippen LogP contribution in [0.5, 0.6) is 0 Å². The van der Waals surface area contributed by atoms with Crippen molar-refractivity contribution in [2.24, 2.45) is 5.41 Å². The molecule has 2 heterocycles. The first-order chi connectivity index (χ1) is 9.85. The number of hydrogen-bond donors (Lipinski definition) is 1. The topological polar surface area (TPSA) is 71.8 Å². The fraction of sp³-hybridized carbons (Fsp3) is 0.714. The summed E-state index contributed by atoms with van der Waals surface area (Å²) < 4.78 is 36.9. The summed E-state index contributed by atoms with van der Waals surface area (Å²) in [4.78, 5) is 0. The van der Waals surface area contributed by atoms with Crippen molar-refractivity contribution in [1.29, 1.82) is 0 Å². The van der Waals surface area contributed by atoms with Gasteiger partial charge in [-0.15, -0.1) is 0 Å². The molecule has 0 amide bonds. The Morgan fingerprint density at radius 2 is 2.19 bits per heavy atom. The molecule has 0 spiro atoms. The number of sulfonamides is 1. The summed E-state index contributed by atoms with van der Waals surface area (Å²) in [6.45, 7) is 7.04. The highest BCUT2D eigenvalue weighted by molar-refractivity contribution is 7.89. The van der Waals surface area contributed by atoms with Crippen molar-refractivity contribution in [3.05, 3.63) is 17.9 Å². The van der Waals surface area contributed by atoms with E-state index < -0.39 is 10.0 Å². The SMILES string of the molecule is COCCNCc1ccc(S(=O)(=O)N2CCC(C)(C)C2)o1. The standard InChI is InChI=1S/C14H24N2O4S/c1-14(2)6-8-16(11-14)21(17,18)13-5-4-12(20-13)10-15-7-9-19-3/h4-5,15H,6-11H2,1-3H3. The van der Waals surface area contributed by atoms with Crippen LogP contribution in [-0.2, 0) is 21.3 Å². The van der Waals surface area contributed by atoms with Crippen LogP contribution in [0.25, 0.3) is 0 Å². The highest BCUT2D eigenvalue weighted by atomic mass is 32.2. The van der Waals surface area contributed by atoms with Crippen LogP contribution in [0.1, 0.15) is 26.0 Å².